The van der Waals surface area contributed by atoms with E-state index in [1.807, 2.05) is 36.6 Å². The molecule has 0 saturated carbocycles. The van der Waals surface area contributed by atoms with Crippen LogP contribution in [0.4, 0.5) is 0 Å². The molecule has 0 aliphatic rings. The summed E-state index contributed by atoms with van der Waals surface area (Å²) in [4.78, 5) is 11.2. The Hall–Kier alpha value is -2.22. The number of nitrogens with zero attached hydrogens (tertiary/aromatic N) is 2. The highest BCUT2D eigenvalue weighted by molar-refractivity contribution is 6.43. The molecular weight excluding hydrogens is 321 g/mol. The highest BCUT2D eigenvalue weighted by Crippen LogP contribution is 2.32. The number of aromatic nitrogens is 1. The van der Waals surface area contributed by atoms with Gasteiger partial charge in [-0.1, -0.05) is 29.3 Å². The maximum Gasteiger partial charge on any atom is 0.259 e. The van der Waals surface area contributed by atoms with Crippen LogP contribution >= 0.6 is 23.2 Å². The maximum absolute atomic E-state index is 11.2. The molecule has 1 aromatic carbocycles. The molecule has 2 N–H and O–H groups in total. The molecule has 2 aromatic rings. The molecule has 4 nitrogen and oxygen atoms in total. The van der Waals surface area contributed by atoms with Crippen molar-refractivity contribution in [1.82, 2.24) is 4.57 Å². The number of rotatable bonds is 3. The molecule has 112 valence electrons. The van der Waals surface area contributed by atoms with Crippen molar-refractivity contribution in [3.8, 4) is 11.8 Å². The summed E-state index contributed by atoms with van der Waals surface area (Å²) in [7, 11) is 0. The standard InChI is InChI=1S/C16H13Cl2N3O/c1-9-6-11(7-12(8-19)16(20)22)10(2)21(9)14-5-3-4-13(17)15(14)18/h3-7H,1-2H3,(H2,20,22)/b12-7+. The molecule has 0 atom stereocenters. The summed E-state index contributed by atoms with van der Waals surface area (Å²) in [6, 6.07) is 9.02. The van der Waals surface area contributed by atoms with Crippen molar-refractivity contribution in [1.29, 1.82) is 5.26 Å². The number of hydrogen-bond acceptors (Lipinski definition) is 2. The van der Waals surface area contributed by atoms with E-state index in [0.29, 0.717) is 10.0 Å². The fraction of sp³-hybridized carbons (Fsp3) is 0.125. The molecule has 0 radical (unpaired) electrons. The van der Waals surface area contributed by atoms with Crippen molar-refractivity contribution in [3.63, 3.8) is 0 Å². The number of nitriles is 1. The van der Waals surface area contributed by atoms with Gasteiger partial charge in [0.15, 0.2) is 0 Å². The lowest BCUT2D eigenvalue weighted by molar-refractivity contribution is -0.114. The molecule has 0 aliphatic heterocycles. The van der Waals surface area contributed by atoms with Crippen LogP contribution in [0, 0.1) is 25.2 Å². The van der Waals surface area contributed by atoms with Crippen LogP contribution in [0.2, 0.25) is 10.0 Å². The van der Waals surface area contributed by atoms with Crippen LogP contribution in [0.3, 0.4) is 0 Å². The van der Waals surface area contributed by atoms with Gasteiger partial charge >= 0.3 is 0 Å². The van der Waals surface area contributed by atoms with E-state index in [-0.39, 0.29) is 5.57 Å². The number of halogens is 2. The first-order valence-corrected chi connectivity index (χ1v) is 7.17. The van der Waals surface area contributed by atoms with E-state index in [4.69, 9.17) is 34.2 Å². The van der Waals surface area contributed by atoms with Gasteiger partial charge in [0.1, 0.15) is 11.6 Å². The lowest BCUT2D eigenvalue weighted by atomic mass is 10.1. The molecule has 2 rings (SSSR count). The van der Waals surface area contributed by atoms with E-state index in [0.717, 1.165) is 22.6 Å². The molecule has 1 amide bonds. The molecule has 0 aliphatic carbocycles. The number of carbonyl (C=O) groups excluding carboxylic acids is 1. The van der Waals surface area contributed by atoms with Gasteiger partial charge in [-0.05, 0) is 43.7 Å². The van der Waals surface area contributed by atoms with E-state index in [2.05, 4.69) is 0 Å². The Morgan fingerprint density at radius 3 is 2.64 bits per heavy atom. The van der Waals surface area contributed by atoms with Crippen LogP contribution in [0.5, 0.6) is 0 Å². The number of benzene rings is 1. The van der Waals surface area contributed by atoms with Crippen LogP contribution in [0.15, 0.2) is 29.8 Å². The molecule has 1 heterocycles. The quantitative estimate of drug-likeness (QED) is 0.685. The lowest BCUT2D eigenvalue weighted by Crippen LogP contribution is -2.12. The zero-order valence-corrected chi connectivity index (χ0v) is 13.5. The van der Waals surface area contributed by atoms with Gasteiger partial charge in [0.25, 0.3) is 5.91 Å². The van der Waals surface area contributed by atoms with Gasteiger partial charge in [-0.25, -0.2) is 0 Å². The van der Waals surface area contributed by atoms with Gasteiger partial charge in [-0.3, -0.25) is 4.79 Å². The maximum atomic E-state index is 11.2. The largest absolute Gasteiger partial charge is 0.365 e. The van der Waals surface area contributed by atoms with Gasteiger partial charge in [0.05, 0.1) is 15.7 Å². The first-order valence-electron chi connectivity index (χ1n) is 6.41. The second kappa shape index (κ2) is 6.27. The van der Waals surface area contributed by atoms with Crippen LogP contribution in [0.1, 0.15) is 17.0 Å². The molecule has 0 saturated heterocycles. The summed E-state index contributed by atoms with van der Waals surface area (Å²) in [6.45, 7) is 3.77. The molecule has 1 aromatic heterocycles. The normalized spacial score (nSPS) is 11.3. The average Bonchev–Trinajstić information content (AvgIpc) is 2.74. The summed E-state index contributed by atoms with van der Waals surface area (Å²) < 4.78 is 1.91. The average molecular weight is 334 g/mol. The Balaban J connectivity index is 2.65. The van der Waals surface area contributed by atoms with E-state index >= 15 is 0 Å². The van der Waals surface area contributed by atoms with E-state index in [1.165, 1.54) is 6.08 Å². The number of primary amides is 1. The second-order valence-corrected chi connectivity index (χ2v) is 5.55. The molecule has 0 unspecified atom stereocenters. The fourth-order valence-corrected chi connectivity index (χ4v) is 2.66. The third-order valence-corrected chi connectivity index (χ3v) is 4.14. The minimum Gasteiger partial charge on any atom is -0.365 e. The highest BCUT2D eigenvalue weighted by atomic mass is 35.5. The predicted molar refractivity (Wildman–Crippen MR) is 88.0 cm³/mol. The zero-order chi connectivity index (χ0) is 16.4. The minimum absolute atomic E-state index is 0.0996. The van der Waals surface area contributed by atoms with Crippen molar-refractivity contribution in [3.05, 3.63) is 56.8 Å². The summed E-state index contributed by atoms with van der Waals surface area (Å²) >= 11 is 12.3. The topological polar surface area (TPSA) is 71.8 Å². The number of nitrogens with two attached hydrogens (primary N) is 1. The minimum atomic E-state index is -0.756. The Bertz CT molecular complexity index is 829. The van der Waals surface area contributed by atoms with Crippen molar-refractivity contribution in [2.75, 3.05) is 0 Å². The molecule has 0 bridgehead atoms. The third kappa shape index (κ3) is 2.87. The Labute approximate surface area is 138 Å². The molecule has 0 fully saturated rings. The Morgan fingerprint density at radius 2 is 2.05 bits per heavy atom. The van der Waals surface area contributed by atoms with Crippen molar-refractivity contribution >= 4 is 35.2 Å². The van der Waals surface area contributed by atoms with Crippen molar-refractivity contribution in [2.24, 2.45) is 5.73 Å². The van der Waals surface area contributed by atoms with Crippen LogP contribution in [-0.2, 0) is 4.79 Å². The Morgan fingerprint density at radius 1 is 1.36 bits per heavy atom. The fourth-order valence-electron chi connectivity index (χ4n) is 2.28. The number of carbonyl (C=O) groups is 1. The van der Waals surface area contributed by atoms with Crippen LogP contribution in [-0.4, -0.2) is 10.5 Å². The second-order valence-electron chi connectivity index (χ2n) is 4.77. The summed E-state index contributed by atoms with van der Waals surface area (Å²) in [5.41, 5.74) is 8.26. The smallest absolute Gasteiger partial charge is 0.259 e. The van der Waals surface area contributed by atoms with Gasteiger partial charge in [-0.15, -0.1) is 0 Å². The van der Waals surface area contributed by atoms with Crippen molar-refractivity contribution < 1.29 is 4.79 Å². The van der Waals surface area contributed by atoms with Crippen LogP contribution < -0.4 is 5.73 Å². The number of aryl methyl sites for hydroxylation is 1. The molecule has 22 heavy (non-hydrogen) atoms. The van der Waals surface area contributed by atoms with Gasteiger partial charge in [-0.2, -0.15) is 5.26 Å². The number of hydrogen-bond donors (Lipinski definition) is 1. The lowest BCUT2D eigenvalue weighted by Gasteiger charge is -2.12. The first kappa shape index (κ1) is 16.2. The van der Waals surface area contributed by atoms with Gasteiger partial charge in [0, 0.05) is 11.4 Å². The van der Waals surface area contributed by atoms with Gasteiger partial charge in [0.2, 0.25) is 0 Å². The summed E-state index contributed by atoms with van der Waals surface area (Å²) in [5, 5.41) is 9.86. The zero-order valence-electron chi connectivity index (χ0n) is 12.0. The van der Waals surface area contributed by atoms with Crippen LogP contribution in [0.25, 0.3) is 11.8 Å². The van der Waals surface area contributed by atoms with E-state index in [1.54, 1.807) is 12.1 Å². The predicted octanol–water partition coefficient (Wildman–Crippen LogP) is 3.79. The van der Waals surface area contributed by atoms with E-state index < -0.39 is 5.91 Å². The molecule has 6 heteroatoms. The first-order chi connectivity index (χ1) is 10.4. The summed E-state index contributed by atoms with van der Waals surface area (Å²) in [5.74, 6) is -0.756. The molecular formula is C16H13Cl2N3O. The molecule has 0 spiro atoms. The van der Waals surface area contributed by atoms with Gasteiger partial charge < -0.3 is 10.3 Å². The van der Waals surface area contributed by atoms with Crippen molar-refractivity contribution in [2.45, 2.75) is 13.8 Å². The third-order valence-electron chi connectivity index (χ3n) is 3.33. The number of amides is 1. The SMILES string of the molecule is Cc1cc(/C=C(\C#N)C(N)=O)c(C)n1-c1cccc(Cl)c1Cl. The van der Waals surface area contributed by atoms with E-state index in [9.17, 15) is 4.79 Å². The highest BCUT2D eigenvalue weighted by Gasteiger charge is 2.14. The summed E-state index contributed by atoms with van der Waals surface area (Å²) in [6.07, 6.45) is 1.47. The monoisotopic (exact) mass is 333 g/mol. The Kier molecular flexibility index (Phi) is 4.60.